The second kappa shape index (κ2) is 8.68. The van der Waals surface area contributed by atoms with Gasteiger partial charge in [-0.05, 0) is 54.0 Å². The van der Waals surface area contributed by atoms with E-state index < -0.39 is 0 Å². The molecular weight excluding hydrogens is 402 g/mol. The van der Waals surface area contributed by atoms with Crippen LogP contribution in [-0.4, -0.2) is 15.1 Å². The molecule has 3 aromatic rings. The van der Waals surface area contributed by atoms with Gasteiger partial charge in [-0.1, -0.05) is 60.4 Å². The third kappa shape index (κ3) is 4.60. The van der Waals surface area contributed by atoms with Gasteiger partial charge >= 0.3 is 0 Å². The lowest BCUT2D eigenvalue weighted by Crippen LogP contribution is -2.27. The first-order valence-electron chi connectivity index (χ1n) is 9.15. The molecule has 2 aromatic carbocycles. The van der Waals surface area contributed by atoms with Gasteiger partial charge in [0.05, 0.1) is 17.7 Å². The highest BCUT2D eigenvalue weighted by molar-refractivity contribution is 8.26. The van der Waals surface area contributed by atoms with Gasteiger partial charge in [-0.3, -0.25) is 9.69 Å². The third-order valence-corrected chi connectivity index (χ3v) is 5.96. The molecule has 4 nitrogen and oxygen atoms in total. The molecule has 0 atom stereocenters. The van der Waals surface area contributed by atoms with E-state index in [4.69, 9.17) is 21.4 Å². The maximum Gasteiger partial charge on any atom is 0.266 e. The topological polar surface area (TPSA) is 42.7 Å². The van der Waals surface area contributed by atoms with Crippen molar-refractivity contribution in [2.75, 3.05) is 0 Å². The summed E-state index contributed by atoms with van der Waals surface area (Å²) in [6, 6.07) is 19.5. The van der Waals surface area contributed by atoms with Crippen molar-refractivity contribution in [2.24, 2.45) is 0 Å². The Morgan fingerprint density at radius 2 is 2.00 bits per heavy atom. The molecule has 0 radical (unpaired) electrons. The molecule has 1 aromatic heterocycles. The van der Waals surface area contributed by atoms with Gasteiger partial charge in [0.1, 0.15) is 22.4 Å². The number of carbonyl (C=O) groups excluding carboxylic acids is 1. The van der Waals surface area contributed by atoms with Crippen LogP contribution in [0, 0.1) is 6.92 Å². The number of amides is 1. The summed E-state index contributed by atoms with van der Waals surface area (Å²) >= 11 is 6.68. The van der Waals surface area contributed by atoms with Crippen molar-refractivity contribution in [3.05, 3.63) is 94.3 Å². The van der Waals surface area contributed by atoms with E-state index in [0.717, 1.165) is 16.9 Å². The van der Waals surface area contributed by atoms with E-state index in [-0.39, 0.29) is 5.91 Å². The summed E-state index contributed by atoms with van der Waals surface area (Å²) in [5.41, 5.74) is 3.24. The van der Waals surface area contributed by atoms with Crippen LogP contribution in [0.1, 0.15) is 22.5 Å². The van der Waals surface area contributed by atoms with Crippen LogP contribution in [-0.2, 0) is 17.9 Å². The quantitative estimate of drug-likeness (QED) is 0.385. The van der Waals surface area contributed by atoms with Crippen LogP contribution in [0.15, 0.2) is 76.2 Å². The van der Waals surface area contributed by atoms with Gasteiger partial charge < -0.3 is 9.15 Å². The van der Waals surface area contributed by atoms with E-state index in [1.807, 2.05) is 48.5 Å². The highest BCUT2D eigenvalue weighted by Gasteiger charge is 2.32. The minimum Gasteiger partial charge on any atom is -0.489 e. The number of rotatable bonds is 6. The van der Waals surface area contributed by atoms with Crippen LogP contribution in [0.3, 0.4) is 0 Å². The Hall–Kier alpha value is -2.83. The van der Waals surface area contributed by atoms with Crippen LogP contribution in [0.4, 0.5) is 0 Å². The van der Waals surface area contributed by atoms with E-state index in [9.17, 15) is 4.79 Å². The number of benzene rings is 2. The summed E-state index contributed by atoms with van der Waals surface area (Å²) < 4.78 is 11.8. The molecule has 0 N–H and O–H groups in total. The zero-order valence-corrected chi connectivity index (χ0v) is 17.5. The molecule has 6 heteroatoms. The number of thioether (sulfide) groups is 1. The summed E-state index contributed by atoms with van der Waals surface area (Å²) in [7, 11) is 0. The minimum atomic E-state index is -0.109. The molecule has 1 aliphatic heterocycles. The van der Waals surface area contributed by atoms with E-state index in [2.05, 4.69) is 19.1 Å². The largest absolute Gasteiger partial charge is 0.489 e. The van der Waals surface area contributed by atoms with Crippen LogP contribution in [0.25, 0.3) is 6.08 Å². The zero-order chi connectivity index (χ0) is 20.2. The zero-order valence-electron chi connectivity index (χ0n) is 15.8. The van der Waals surface area contributed by atoms with Crippen molar-refractivity contribution in [3.63, 3.8) is 0 Å². The van der Waals surface area contributed by atoms with E-state index in [1.54, 1.807) is 17.2 Å². The number of ether oxygens (including phenoxy) is 1. The van der Waals surface area contributed by atoms with Gasteiger partial charge in [0.2, 0.25) is 0 Å². The lowest BCUT2D eigenvalue weighted by atomic mass is 10.1. The second-order valence-electron chi connectivity index (χ2n) is 6.63. The van der Waals surface area contributed by atoms with Gasteiger partial charge in [-0.15, -0.1) is 0 Å². The molecule has 0 saturated carbocycles. The molecule has 1 aliphatic rings. The van der Waals surface area contributed by atoms with Gasteiger partial charge in [-0.25, -0.2) is 0 Å². The van der Waals surface area contributed by atoms with E-state index in [0.29, 0.717) is 28.1 Å². The maximum atomic E-state index is 12.8. The lowest BCUT2D eigenvalue weighted by molar-refractivity contribution is -0.122. The summed E-state index contributed by atoms with van der Waals surface area (Å²) in [5, 5.41) is 0. The molecular formula is C23H19NO3S2. The van der Waals surface area contributed by atoms with E-state index in [1.165, 1.54) is 17.3 Å². The molecule has 1 amide bonds. The Labute approximate surface area is 179 Å². The maximum absolute atomic E-state index is 12.8. The Bertz CT molecular complexity index is 1070. The van der Waals surface area contributed by atoms with Crippen molar-refractivity contribution in [1.29, 1.82) is 0 Å². The number of nitrogens with zero attached hydrogens (tertiary/aromatic N) is 1. The van der Waals surface area contributed by atoms with Crippen LogP contribution in [0.5, 0.6) is 5.75 Å². The molecule has 1 saturated heterocycles. The standard InChI is InChI=1S/C23H19NO3S2/c1-16-6-2-3-8-18(16)15-27-19-9-4-7-17(12-19)13-21-22(25)24(23(28)29-21)14-20-10-5-11-26-20/h2-13H,14-15H2,1H3/b21-13-. The number of carbonyl (C=O) groups is 1. The molecule has 4 rings (SSSR count). The normalized spacial score (nSPS) is 15.3. The van der Waals surface area contributed by atoms with Crippen LogP contribution < -0.4 is 4.74 Å². The Kier molecular flexibility index (Phi) is 5.83. The summed E-state index contributed by atoms with van der Waals surface area (Å²) in [6.07, 6.45) is 3.44. The predicted molar refractivity (Wildman–Crippen MR) is 119 cm³/mol. The SMILES string of the molecule is Cc1ccccc1COc1cccc(/C=C2\SC(=S)N(Cc3ccco3)C2=O)c1. The fourth-order valence-electron chi connectivity index (χ4n) is 2.97. The first-order valence-corrected chi connectivity index (χ1v) is 10.4. The molecule has 29 heavy (non-hydrogen) atoms. The Morgan fingerprint density at radius 1 is 1.14 bits per heavy atom. The third-order valence-electron chi connectivity index (χ3n) is 4.58. The van der Waals surface area contributed by atoms with Gasteiger partial charge in [-0.2, -0.15) is 0 Å². The van der Waals surface area contributed by atoms with Crippen molar-refractivity contribution < 1.29 is 13.9 Å². The first kappa shape index (κ1) is 19.5. The van der Waals surface area contributed by atoms with Gasteiger partial charge in [0.15, 0.2) is 0 Å². The fourth-order valence-corrected chi connectivity index (χ4v) is 4.23. The summed E-state index contributed by atoms with van der Waals surface area (Å²) in [6.45, 7) is 2.91. The van der Waals surface area contributed by atoms with Crippen molar-refractivity contribution in [3.8, 4) is 5.75 Å². The monoisotopic (exact) mass is 421 g/mol. The smallest absolute Gasteiger partial charge is 0.266 e. The molecule has 1 fully saturated rings. The lowest BCUT2D eigenvalue weighted by Gasteiger charge is -2.12. The molecule has 2 heterocycles. The number of thiocarbonyl (C=S) groups is 1. The number of hydrogen-bond acceptors (Lipinski definition) is 5. The molecule has 0 spiro atoms. The average Bonchev–Trinajstić information content (AvgIpc) is 3.32. The highest BCUT2D eigenvalue weighted by atomic mass is 32.2. The number of aryl methyl sites for hydroxylation is 1. The molecule has 0 bridgehead atoms. The highest BCUT2D eigenvalue weighted by Crippen LogP contribution is 2.34. The number of furan rings is 1. The van der Waals surface area contributed by atoms with E-state index >= 15 is 0 Å². The number of hydrogen-bond donors (Lipinski definition) is 0. The Morgan fingerprint density at radius 3 is 2.79 bits per heavy atom. The summed E-state index contributed by atoms with van der Waals surface area (Å²) in [4.78, 5) is 14.9. The van der Waals surface area contributed by atoms with Crippen LogP contribution >= 0.6 is 24.0 Å². The molecule has 0 aliphatic carbocycles. The average molecular weight is 422 g/mol. The Balaban J connectivity index is 1.47. The van der Waals surface area contributed by atoms with Crippen molar-refractivity contribution in [1.82, 2.24) is 4.90 Å². The fraction of sp³-hybridized carbons (Fsp3) is 0.130. The molecule has 0 unspecified atom stereocenters. The second-order valence-corrected chi connectivity index (χ2v) is 8.31. The van der Waals surface area contributed by atoms with Gasteiger partial charge in [0, 0.05) is 0 Å². The molecule has 146 valence electrons. The summed E-state index contributed by atoms with van der Waals surface area (Å²) in [5.74, 6) is 1.35. The van der Waals surface area contributed by atoms with Crippen LogP contribution in [0.2, 0.25) is 0 Å². The van der Waals surface area contributed by atoms with Gasteiger partial charge in [0.25, 0.3) is 5.91 Å². The van der Waals surface area contributed by atoms with Crippen molar-refractivity contribution >= 4 is 40.3 Å². The first-order chi connectivity index (χ1) is 14.1. The van der Waals surface area contributed by atoms with Crippen molar-refractivity contribution in [2.45, 2.75) is 20.1 Å². The minimum absolute atomic E-state index is 0.109. The predicted octanol–water partition coefficient (Wildman–Crippen LogP) is 5.57.